The van der Waals surface area contributed by atoms with Gasteiger partial charge in [-0.3, -0.25) is 19.2 Å². The Morgan fingerprint density at radius 1 is 0.471 bits per heavy atom. The maximum atomic E-state index is 15.0. The summed E-state index contributed by atoms with van der Waals surface area (Å²) in [4.78, 5) is 92.5. The lowest BCUT2D eigenvalue weighted by Crippen LogP contribution is -2.37. The van der Waals surface area contributed by atoms with Crippen molar-refractivity contribution < 1.29 is 62.0 Å². The van der Waals surface area contributed by atoms with E-state index in [1.807, 2.05) is 36.4 Å². The second-order valence-electron chi connectivity index (χ2n) is 23.3. The van der Waals surface area contributed by atoms with Crippen LogP contribution < -0.4 is 19.8 Å². The van der Waals surface area contributed by atoms with Crippen molar-refractivity contribution in [3.05, 3.63) is 156 Å². The number of carbonyl (C=O) groups excluding carboxylic acids is 7. The van der Waals surface area contributed by atoms with E-state index in [4.69, 9.17) is 33.5 Å². The summed E-state index contributed by atoms with van der Waals surface area (Å²) in [5.74, 6) is -8.22. The number of nitrogens with zero attached hydrogens (tertiary/aromatic N) is 4. The minimum Gasteiger partial charge on any atom is -0.472 e. The van der Waals surface area contributed by atoms with Crippen LogP contribution in [0.3, 0.4) is 0 Å². The Hall–Kier alpha value is -8.82. The van der Waals surface area contributed by atoms with Crippen LogP contribution >= 0.6 is 0 Å². The molecule has 7 aromatic rings. The number of carbonyl (C=O) groups is 7. The fraction of sp³-hybridized carbons (Fsp3) is 0.318. The molecular weight excluding hydrogens is 1110 g/mol. The summed E-state index contributed by atoms with van der Waals surface area (Å²) in [5.41, 5.74) is 1.77. The molecule has 438 valence electrons. The van der Waals surface area contributed by atoms with Gasteiger partial charge in [-0.05, 0) is 123 Å². The third kappa shape index (κ3) is 14.8. The molecule has 0 bridgehead atoms. The largest absolute Gasteiger partial charge is 0.472 e. The minimum absolute atomic E-state index is 0.0440. The van der Waals surface area contributed by atoms with Crippen molar-refractivity contribution in [1.29, 1.82) is 0 Å². The Balaban J connectivity index is 0.995. The second-order valence-corrected chi connectivity index (χ2v) is 33.5. The van der Waals surface area contributed by atoms with Crippen LogP contribution in [-0.2, 0) is 42.9 Å². The molecule has 2 fully saturated rings. The van der Waals surface area contributed by atoms with Gasteiger partial charge >= 0.3 is 41.8 Å². The number of hydrogen-bond donors (Lipinski definition) is 0. The summed E-state index contributed by atoms with van der Waals surface area (Å²) < 4.78 is 34.2. The number of azo groups is 2. The Kier molecular flexibility index (Phi) is 18.9. The van der Waals surface area contributed by atoms with Crippen molar-refractivity contribution in [2.45, 2.75) is 123 Å². The number of esters is 7. The van der Waals surface area contributed by atoms with E-state index in [0.717, 1.165) is 49.3 Å². The minimum atomic E-state index is -1.78. The number of benzene rings is 7. The third-order valence-electron chi connectivity index (χ3n) is 15.2. The standard InChI is InChI=1S/C66H68N4O13Si2/c1-9-51(62(73)78-47-18-14-19-47)64(75)82-60(71)41-22-28-45(29-23-41)67-69-57-53-34-32-49(84(3,4)5)38-43(53)26-36-55(57)80-59(40-16-12-11-13-17-40)66(77)81-56-37-27-44-39-50(85(6,7)8)33-35-54(44)58(56)70-68-46-30-24-42(25-31-46)61(72)83-65(76)52(10-2)63(74)79-48-20-15-21-48/h11-13,16-17,22-39,47-48,51-52,59H,9-10,14-15,18-21H2,1-8H3. The van der Waals surface area contributed by atoms with Crippen LogP contribution in [0.5, 0.6) is 11.5 Å². The fourth-order valence-corrected chi connectivity index (χ4v) is 11.7. The van der Waals surface area contributed by atoms with Gasteiger partial charge in [0.1, 0.15) is 29.3 Å². The molecule has 2 aliphatic carbocycles. The molecule has 0 radical (unpaired) electrons. The van der Waals surface area contributed by atoms with Crippen molar-refractivity contribution in [3.8, 4) is 11.5 Å². The van der Waals surface area contributed by atoms with Gasteiger partial charge in [0.15, 0.2) is 17.6 Å². The van der Waals surface area contributed by atoms with E-state index in [-0.39, 0.29) is 53.4 Å². The molecule has 2 saturated carbocycles. The van der Waals surface area contributed by atoms with Crippen LogP contribution in [-0.4, -0.2) is 70.1 Å². The molecule has 3 unspecified atom stereocenters. The number of hydrogen-bond acceptors (Lipinski definition) is 17. The SMILES string of the molecule is CCC(C(=O)OC(=O)c1ccc(N=Nc2c(OC(=O)C(Oc3ccc4cc([Si](C)(C)C)ccc4c3N=Nc3ccc(C(=O)OC(=O)C(CC)C(=O)OC4CCC4)cc3)c3ccccc3)ccc3cc([Si](C)(C)C)ccc23)cc1)C(=O)OC1CCC1. The van der Waals surface area contributed by atoms with Crippen molar-refractivity contribution in [2.75, 3.05) is 0 Å². The van der Waals surface area contributed by atoms with Gasteiger partial charge in [0.2, 0.25) is 6.10 Å². The summed E-state index contributed by atoms with van der Waals surface area (Å²) >= 11 is 0. The topological polar surface area (TPSA) is 224 Å². The van der Waals surface area contributed by atoms with E-state index in [9.17, 15) is 33.6 Å². The molecule has 0 heterocycles. The first-order chi connectivity index (χ1) is 40.7. The lowest BCUT2D eigenvalue weighted by atomic mass is 9.96. The lowest BCUT2D eigenvalue weighted by molar-refractivity contribution is -0.167. The van der Waals surface area contributed by atoms with E-state index < -0.39 is 75.9 Å². The number of fused-ring (bicyclic) bond motifs is 2. The molecule has 17 nitrogen and oxygen atoms in total. The lowest BCUT2D eigenvalue weighted by Gasteiger charge is -2.26. The van der Waals surface area contributed by atoms with Gasteiger partial charge in [-0.1, -0.05) is 142 Å². The van der Waals surface area contributed by atoms with Crippen LogP contribution in [0, 0.1) is 11.8 Å². The molecule has 0 aliphatic heterocycles. The van der Waals surface area contributed by atoms with Crippen molar-refractivity contribution in [1.82, 2.24) is 0 Å². The Bertz CT molecular complexity index is 3740. The molecule has 0 N–H and O–H groups in total. The first-order valence-electron chi connectivity index (χ1n) is 28.7. The van der Waals surface area contributed by atoms with Crippen molar-refractivity contribution in [3.63, 3.8) is 0 Å². The highest BCUT2D eigenvalue weighted by Crippen LogP contribution is 2.42. The van der Waals surface area contributed by atoms with Crippen molar-refractivity contribution >= 4 is 113 Å². The molecule has 0 saturated heterocycles. The normalized spacial score (nSPS) is 14.9. The van der Waals surface area contributed by atoms with Crippen LogP contribution in [0.4, 0.5) is 22.7 Å². The van der Waals surface area contributed by atoms with Gasteiger partial charge in [-0.15, -0.1) is 10.2 Å². The average molecular weight is 1180 g/mol. The highest BCUT2D eigenvalue weighted by Gasteiger charge is 2.36. The van der Waals surface area contributed by atoms with Gasteiger partial charge in [0.25, 0.3) is 0 Å². The zero-order chi connectivity index (χ0) is 60.6. The summed E-state index contributed by atoms with van der Waals surface area (Å²) in [6.07, 6.45) is 3.25. The van der Waals surface area contributed by atoms with Crippen LogP contribution in [0.2, 0.25) is 39.3 Å². The predicted molar refractivity (Wildman–Crippen MR) is 326 cm³/mol. The molecule has 85 heavy (non-hydrogen) atoms. The molecule has 0 spiro atoms. The van der Waals surface area contributed by atoms with Crippen LogP contribution in [0.15, 0.2) is 160 Å². The van der Waals surface area contributed by atoms with Gasteiger partial charge in [0.05, 0.1) is 38.6 Å². The molecule has 3 atom stereocenters. The molecule has 7 aromatic carbocycles. The maximum absolute atomic E-state index is 15.0. The number of ether oxygens (including phenoxy) is 6. The monoisotopic (exact) mass is 1180 g/mol. The summed E-state index contributed by atoms with van der Waals surface area (Å²) in [6, 6.07) is 40.1. The molecule has 0 amide bonds. The average Bonchev–Trinajstić information content (AvgIpc) is 1.90. The second kappa shape index (κ2) is 26.4. The number of rotatable bonds is 21. The van der Waals surface area contributed by atoms with E-state index in [0.29, 0.717) is 33.4 Å². The Morgan fingerprint density at radius 3 is 1.29 bits per heavy atom. The zero-order valence-corrected chi connectivity index (χ0v) is 50.9. The summed E-state index contributed by atoms with van der Waals surface area (Å²) in [6.45, 7) is 16.8. The Morgan fingerprint density at radius 2 is 0.894 bits per heavy atom. The molecule has 9 rings (SSSR count). The first-order valence-corrected chi connectivity index (χ1v) is 35.7. The highest BCUT2D eigenvalue weighted by atomic mass is 28.3. The van der Waals surface area contributed by atoms with E-state index in [2.05, 4.69) is 72.8 Å². The van der Waals surface area contributed by atoms with Gasteiger partial charge in [0, 0.05) is 16.3 Å². The van der Waals surface area contributed by atoms with Crippen LogP contribution in [0.1, 0.15) is 97.6 Å². The quantitative estimate of drug-likeness (QED) is 0.0163. The molecule has 0 aromatic heterocycles. The van der Waals surface area contributed by atoms with E-state index in [1.54, 1.807) is 50.2 Å². The molecule has 2 aliphatic rings. The van der Waals surface area contributed by atoms with Gasteiger partial charge < -0.3 is 28.4 Å². The van der Waals surface area contributed by atoms with Gasteiger partial charge in [-0.2, -0.15) is 10.2 Å². The Labute approximate surface area is 495 Å². The fourth-order valence-electron chi connectivity index (χ4n) is 9.39. The van der Waals surface area contributed by atoms with Crippen molar-refractivity contribution in [2.24, 2.45) is 32.3 Å². The van der Waals surface area contributed by atoms with Crippen LogP contribution in [0.25, 0.3) is 21.5 Å². The molecular formula is C66H68N4O13Si2. The third-order valence-corrected chi connectivity index (χ3v) is 19.2. The zero-order valence-electron chi connectivity index (χ0n) is 48.9. The summed E-state index contributed by atoms with van der Waals surface area (Å²) in [5, 5.41) is 23.9. The van der Waals surface area contributed by atoms with E-state index >= 15 is 0 Å². The van der Waals surface area contributed by atoms with E-state index in [1.165, 1.54) is 58.9 Å². The smallest absolute Gasteiger partial charge is 0.357 e. The highest BCUT2D eigenvalue weighted by molar-refractivity contribution is 6.89. The maximum Gasteiger partial charge on any atom is 0.357 e. The molecule has 19 heteroatoms. The first kappa shape index (κ1) is 60.8. The summed E-state index contributed by atoms with van der Waals surface area (Å²) in [7, 11) is -3.57. The van der Waals surface area contributed by atoms with Gasteiger partial charge in [-0.25, -0.2) is 14.4 Å². The predicted octanol–water partition coefficient (Wildman–Crippen LogP) is 14.3.